The summed E-state index contributed by atoms with van der Waals surface area (Å²) in [6, 6.07) is 0. The molecule has 0 fully saturated rings. The minimum atomic E-state index is -1.42. The van der Waals surface area contributed by atoms with Crippen molar-refractivity contribution in [2.75, 3.05) is 6.61 Å². The Bertz CT molecular complexity index is 149. The second kappa shape index (κ2) is 6.77. The van der Waals surface area contributed by atoms with Gasteiger partial charge >= 0.3 is 0 Å². The summed E-state index contributed by atoms with van der Waals surface area (Å²) in [7, 11) is -2.41. The van der Waals surface area contributed by atoms with Gasteiger partial charge in [0, 0.05) is 12.7 Å². The van der Waals surface area contributed by atoms with E-state index < -0.39 is 17.4 Å². The molecule has 0 amide bonds. The molecule has 0 aromatic rings. The van der Waals surface area contributed by atoms with Crippen LogP contribution in [0, 0.1) is 0 Å². The van der Waals surface area contributed by atoms with Crippen molar-refractivity contribution in [3.63, 3.8) is 0 Å². The Balaban J connectivity index is 3.82. The summed E-state index contributed by atoms with van der Waals surface area (Å²) in [4.78, 5) is 0. The van der Waals surface area contributed by atoms with E-state index in [0.29, 0.717) is 6.10 Å². The van der Waals surface area contributed by atoms with Crippen LogP contribution in [0.3, 0.4) is 0 Å². The van der Waals surface area contributed by atoms with E-state index in [1.807, 2.05) is 0 Å². The highest BCUT2D eigenvalue weighted by Gasteiger charge is 2.26. The normalized spacial score (nSPS) is 14.8. The van der Waals surface area contributed by atoms with E-state index in [2.05, 4.69) is 40.4 Å². The average Bonchev–Trinajstić information content (AvgIpc) is 1.98. The van der Waals surface area contributed by atoms with Crippen LogP contribution in [0.1, 0.15) is 27.2 Å². The summed E-state index contributed by atoms with van der Waals surface area (Å²) in [6.45, 7) is 14.2. The highest BCUT2D eigenvalue weighted by atomic mass is 28.4. The molecule has 86 valence electrons. The third kappa shape index (κ3) is 7.73. The molecule has 0 aliphatic rings. The van der Waals surface area contributed by atoms with Crippen molar-refractivity contribution in [3.05, 3.63) is 0 Å². The maximum absolute atomic E-state index is 5.92. The lowest BCUT2D eigenvalue weighted by atomic mass is 10.5. The molecule has 4 heteroatoms. The maximum Gasteiger partial charge on any atom is 0.186 e. The van der Waals surface area contributed by atoms with Crippen molar-refractivity contribution in [3.8, 4) is 0 Å². The van der Waals surface area contributed by atoms with Gasteiger partial charge in [-0.1, -0.05) is 6.92 Å². The van der Waals surface area contributed by atoms with Crippen molar-refractivity contribution < 1.29 is 8.85 Å². The minimum absolute atomic E-state index is 0.382. The van der Waals surface area contributed by atoms with E-state index in [1.165, 1.54) is 5.67 Å². The largest absolute Gasteiger partial charge is 0.418 e. The van der Waals surface area contributed by atoms with Gasteiger partial charge in [-0.3, -0.25) is 0 Å². The van der Waals surface area contributed by atoms with Crippen LogP contribution in [0.5, 0.6) is 0 Å². The maximum atomic E-state index is 5.92. The molecule has 2 nitrogen and oxygen atoms in total. The third-order valence-electron chi connectivity index (χ3n) is 1.98. The Hall–Kier alpha value is 0.354. The second-order valence-corrected chi connectivity index (χ2v) is 12.1. The summed E-state index contributed by atoms with van der Waals surface area (Å²) in [5.74, 6) is 0. The highest BCUT2D eigenvalue weighted by Crippen LogP contribution is 2.15. The van der Waals surface area contributed by atoms with Gasteiger partial charge in [-0.05, 0) is 45.6 Å². The van der Waals surface area contributed by atoms with Gasteiger partial charge in [0.15, 0.2) is 17.4 Å². The van der Waals surface area contributed by atoms with Gasteiger partial charge in [0.2, 0.25) is 0 Å². The van der Waals surface area contributed by atoms with Crippen LogP contribution >= 0.6 is 0 Å². The fourth-order valence-electron chi connectivity index (χ4n) is 1.64. The quantitative estimate of drug-likeness (QED) is 0.631. The van der Waals surface area contributed by atoms with Crippen LogP contribution in [0.4, 0.5) is 0 Å². The van der Waals surface area contributed by atoms with Crippen LogP contribution in [-0.4, -0.2) is 30.1 Å². The Morgan fingerprint density at radius 3 is 2.29 bits per heavy atom. The molecule has 0 heterocycles. The number of hydrogen-bond acceptors (Lipinski definition) is 2. The van der Waals surface area contributed by atoms with Gasteiger partial charge in [0.25, 0.3) is 0 Å². The first kappa shape index (κ1) is 14.4. The van der Waals surface area contributed by atoms with Crippen molar-refractivity contribution >= 4 is 17.4 Å². The fraction of sp³-hybridized carbons (Fsp3) is 1.00. The third-order valence-corrected chi connectivity index (χ3v) is 10.2. The predicted molar refractivity (Wildman–Crippen MR) is 67.8 cm³/mol. The first-order valence-electron chi connectivity index (χ1n) is 5.67. The molecule has 0 rings (SSSR count). The van der Waals surface area contributed by atoms with E-state index >= 15 is 0 Å². The Kier molecular flexibility index (Phi) is 6.94. The minimum Gasteiger partial charge on any atom is -0.418 e. The topological polar surface area (TPSA) is 18.5 Å². The number of hydrogen-bond donors (Lipinski definition) is 0. The Morgan fingerprint density at radius 1 is 1.29 bits per heavy atom. The number of rotatable bonds is 7. The van der Waals surface area contributed by atoms with Crippen molar-refractivity contribution in [2.45, 2.75) is 58.6 Å². The Morgan fingerprint density at radius 2 is 1.86 bits per heavy atom. The lowest BCUT2D eigenvalue weighted by molar-refractivity contribution is 0.244. The first-order valence-corrected chi connectivity index (χ1v) is 11.2. The molecule has 0 aromatic heterocycles. The zero-order valence-corrected chi connectivity index (χ0v) is 12.7. The molecule has 1 atom stereocenters. The van der Waals surface area contributed by atoms with E-state index in [-0.39, 0.29) is 0 Å². The standard InChI is InChI=1S/C10H26O2Si2/c1-7-8-11-14(5,6)9-13(4)12-10(2)3/h10,13H,7-9H2,1-6H3. The molecule has 0 aliphatic heterocycles. The van der Waals surface area contributed by atoms with E-state index in [4.69, 9.17) is 8.85 Å². The molecule has 0 aliphatic carbocycles. The van der Waals surface area contributed by atoms with Gasteiger partial charge in [-0.25, -0.2) is 0 Å². The summed E-state index contributed by atoms with van der Waals surface area (Å²) in [6.07, 6.45) is 1.50. The first-order chi connectivity index (χ1) is 6.37. The lowest BCUT2D eigenvalue weighted by Crippen LogP contribution is -2.37. The van der Waals surface area contributed by atoms with E-state index in [1.54, 1.807) is 0 Å². The molecule has 0 N–H and O–H groups in total. The summed E-state index contributed by atoms with van der Waals surface area (Å²) < 4.78 is 11.8. The molecule has 0 spiro atoms. The van der Waals surface area contributed by atoms with Gasteiger partial charge in [0.05, 0.1) is 0 Å². The van der Waals surface area contributed by atoms with Crippen LogP contribution in [0.25, 0.3) is 0 Å². The SMILES string of the molecule is CCCO[Si](C)(C)C[SiH](C)OC(C)C. The lowest BCUT2D eigenvalue weighted by Gasteiger charge is -2.26. The van der Waals surface area contributed by atoms with Gasteiger partial charge in [-0.15, -0.1) is 0 Å². The monoisotopic (exact) mass is 234 g/mol. The van der Waals surface area contributed by atoms with E-state index in [9.17, 15) is 0 Å². The summed E-state index contributed by atoms with van der Waals surface area (Å²) in [5, 5.41) is 0. The average molecular weight is 234 g/mol. The van der Waals surface area contributed by atoms with Crippen LogP contribution in [-0.2, 0) is 8.85 Å². The van der Waals surface area contributed by atoms with Crippen LogP contribution < -0.4 is 0 Å². The van der Waals surface area contributed by atoms with E-state index in [0.717, 1.165) is 13.0 Å². The molecule has 0 saturated carbocycles. The molecular weight excluding hydrogens is 208 g/mol. The molecule has 0 bridgehead atoms. The molecule has 0 saturated heterocycles. The second-order valence-electron chi connectivity index (χ2n) is 4.81. The van der Waals surface area contributed by atoms with Crippen LogP contribution in [0.2, 0.25) is 25.3 Å². The molecule has 14 heavy (non-hydrogen) atoms. The molecule has 1 unspecified atom stereocenters. The molecule has 0 aromatic carbocycles. The smallest absolute Gasteiger partial charge is 0.186 e. The highest BCUT2D eigenvalue weighted by molar-refractivity contribution is 6.82. The predicted octanol–water partition coefficient (Wildman–Crippen LogP) is 2.94. The van der Waals surface area contributed by atoms with Crippen molar-refractivity contribution in [1.29, 1.82) is 0 Å². The molecular formula is C10H26O2Si2. The van der Waals surface area contributed by atoms with Gasteiger partial charge in [0.1, 0.15) is 0 Å². The van der Waals surface area contributed by atoms with Crippen LogP contribution in [0.15, 0.2) is 0 Å². The van der Waals surface area contributed by atoms with Crippen molar-refractivity contribution in [1.82, 2.24) is 0 Å². The van der Waals surface area contributed by atoms with Crippen molar-refractivity contribution in [2.24, 2.45) is 0 Å². The molecule has 0 radical (unpaired) electrons. The summed E-state index contributed by atoms with van der Waals surface area (Å²) >= 11 is 0. The zero-order chi connectivity index (χ0) is 11.2. The zero-order valence-electron chi connectivity index (χ0n) is 10.6. The Labute approximate surface area is 91.9 Å². The van der Waals surface area contributed by atoms with Gasteiger partial charge < -0.3 is 8.85 Å². The fourth-order valence-corrected chi connectivity index (χ4v) is 9.72. The van der Waals surface area contributed by atoms with Gasteiger partial charge in [-0.2, -0.15) is 0 Å². The summed E-state index contributed by atoms with van der Waals surface area (Å²) in [5.41, 5.74) is 1.23.